The standard InChI is InChI=1S/C21H16NSe/c1-4-10-17(11-5-1)20-16-22(19-14-8-3-9-15-19)21(23-20)18-12-6-2-7-13-18/h1-16H/q+1. The molecule has 0 saturated heterocycles. The summed E-state index contributed by atoms with van der Waals surface area (Å²) in [4.78, 5) is 0. The first-order valence-electron chi connectivity index (χ1n) is 7.63. The van der Waals surface area contributed by atoms with E-state index in [-0.39, 0.29) is 0 Å². The summed E-state index contributed by atoms with van der Waals surface area (Å²) in [5, 5.41) is 0. The maximum atomic E-state index is 2.34. The summed E-state index contributed by atoms with van der Waals surface area (Å²) < 4.78 is 5.15. The van der Waals surface area contributed by atoms with Gasteiger partial charge in [-0.2, -0.15) is 0 Å². The van der Waals surface area contributed by atoms with Gasteiger partial charge in [0.2, 0.25) is 0 Å². The van der Waals surface area contributed by atoms with Crippen LogP contribution in [0.1, 0.15) is 0 Å². The first-order chi connectivity index (χ1) is 11.4. The first-order valence-corrected chi connectivity index (χ1v) is 9.35. The summed E-state index contributed by atoms with van der Waals surface area (Å²) >= 11 is 0.290. The van der Waals surface area contributed by atoms with Crippen molar-refractivity contribution in [2.45, 2.75) is 0 Å². The van der Waals surface area contributed by atoms with Crippen LogP contribution >= 0.6 is 0 Å². The summed E-state index contributed by atoms with van der Waals surface area (Å²) in [6, 6.07) is 32.0. The third-order valence-electron chi connectivity index (χ3n) is 3.79. The number of rotatable bonds is 3. The van der Waals surface area contributed by atoms with E-state index in [4.69, 9.17) is 0 Å². The van der Waals surface area contributed by atoms with Crippen LogP contribution < -0.4 is 4.57 Å². The van der Waals surface area contributed by atoms with Gasteiger partial charge in [0.1, 0.15) is 0 Å². The van der Waals surface area contributed by atoms with E-state index in [1.54, 1.807) is 0 Å². The average Bonchev–Trinajstić information content (AvgIpc) is 3.09. The van der Waals surface area contributed by atoms with E-state index in [2.05, 4.69) is 102 Å². The Labute approximate surface area is 142 Å². The van der Waals surface area contributed by atoms with Gasteiger partial charge < -0.3 is 0 Å². The number of hydrogen-bond acceptors (Lipinski definition) is 0. The molecule has 0 aliphatic carbocycles. The van der Waals surface area contributed by atoms with E-state index in [0.29, 0.717) is 14.5 Å². The van der Waals surface area contributed by atoms with Crippen molar-refractivity contribution < 1.29 is 4.57 Å². The Bertz CT molecular complexity index is 840. The molecule has 3 aromatic carbocycles. The minimum atomic E-state index is 0.290. The number of para-hydroxylation sites is 1. The van der Waals surface area contributed by atoms with Crippen LogP contribution in [-0.4, -0.2) is 14.5 Å². The Morgan fingerprint density at radius 2 is 1.09 bits per heavy atom. The van der Waals surface area contributed by atoms with Gasteiger partial charge in [-0.15, -0.1) is 0 Å². The Morgan fingerprint density at radius 3 is 1.70 bits per heavy atom. The predicted molar refractivity (Wildman–Crippen MR) is 95.8 cm³/mol. The molecule has 0 spiro atoms. The van der Waals surface area contributed by atoms with E-state index >= 15 is 0 Å². The van der Waals surface area contributed by atoms with E-state index in [1.807, 2.05) is 0 Å². The molecule has 110 valence electrons. The molecule has 4 aromatic rings. The molecule has 0 aliphatic rings. The fourth-order valence-electron chi connectivity index (χ4n) is 2.65. The molecule has 0 amide bonds. The molecule has 1 heterocycles. The quantitative estimate of drug-likeness (QED) is 0.377. The molecule has 0 radical (unpaired) electrons. The van der Waals surface area contributed by atoms with E-state index in [0.717, 1.165) is 0 Å². The third kappa shape index (κ3) is 2.92. The van der Waals surface area contributed by atoms with Gasteiger partial charge in [-0.25, -0.2) is 0 Å². The van der Waals surface area contributed by atoms with Gasteiger partial charge in [-0.1, -0.05) is 0 Å². The fourth-order valence-corrected chi connectivity index (χ4v) is 5.02. The second-order valence-corrected chi connectivity index (χ2v) is 7.50. The molecular formula is C21H16NSe+. The van der Waals surface area contributed by atoms with Gasteiger partial charge in [0.25, 0.3) is 0 Å². The normalized spacial score (nSPS) is 10.6. The third-order valence-corrected chi connectivity index (χ3v) is 6.28. The van der Waals surface area contributed by atoms with Crippen LogP contribution in [0.3, 0.4) is 0 Å². The molecule has 0 bridgehead atoms. The Morgan fingerprint density at radius 1 is 0.565 bits per heavy atom. The van der Waals surface area contributed by atoms with Crippen LogP contribution in [0.25, 0.3) is 25.8 Å². The van der Waals surface area contributed by atoms with Crippen LogP contribution in [0, 0.1) is 0 Å². The van der Waals surface area contributed by atoms with E-state index in [1.165, 1.54) is 25.8 Å². The molecule has 0 unspecified atom stereocenters. The molecule has 2 heteroatoms. The van der Waals surface area contributed by atoms with Crippen molar-refractivity contribution in [2.24, 2.45) is 0 Å². The van der Waals surface area contributed by atoms with E-state index in [9.17, 15) is 0 Å². The number of hydrogen-bond donors (Lipinski definition) is 0. The second kappa shape index (κ2) is 6.37. The fraction of sp³-hybridized carbons (Fsp3) is 0. The van der Waals surface area contributed by atoms with Gasteiger partial charge >= 0.3 is 142 Å². The monoisotopic (exact) mass is 362 g/mol. The summed E-state index contributed by atoms with van der Waals surface area (Å²) in [5.41, 5.74) is 3.84. The van der Waals surface area contributed by atoms with E-state index < -0.39 is 0 Å². The molecule has 0 saturated carbocycles. The molecule has 23 heavy (non-hydrogen) atoms. The number of aromatic nitrogens is 1. The van der Waals surface area contributed by atoms with Crippen LogP contribution in [0.4, 0.5) is 0 Å². The zero-order valence-corrected chi connectivity index (χ0v) is 14.3. The summed E-state index contributed by atoms with van der Waals surface area (Å²) in [7, 11) is 0. The zero-order valence-electron chi connectivity index (χ0n) is 12.6. The van der Waals surface area contributed by atoms with Gasteiger partial charge in [-0.3, -0.25) is 0 Å². The molecule has 1 aromatic heterocycles. The van der Waals surface area contributed by atoms with Crippen molar-refractivity contribution in [3.63, 3.8) is 0 Å². The Hall–Kier alpha value is -2.41. The van der Waals surface area contributed by atoms with Crippen molar-refractivity contribution >= 4 is 14.5 Å². The van der Waals surface area contributed by atoms with Crippen molar-refractivity contribution in [3.8, 4) is 25.8 Å². The number of benzene rings is 3. The molecule has 0 fully saturated rings. The molecule has 1 nitrogen and oxygen atoms in total. The molecule has 4 rings (SSSR count). The van der Waals surface area contributed by atoms with Gasteiger partial charge in [0.15, 0.2) is 0 Å². The van der Waals surface area contributed by atoms with Crippen LogP contribution in [0.5, 0.6) is 0 Å². The molecular weight excluding hydrogens is 345 g/mol. The molecule has 0 N–H and O–H groups in total. The van der Waals surface area contributed by atoms with Crippen molar-refractivity contribution in [1.82, 2.24) is 0 Å². The topological polar surface area (TPSA) is 3.88 Å². The predicted octanol–water partition coefficient (Wildman–Crippen LogP) is 4.35. The Kier molecular flexibility index (Phi) is 3.93. The first kappa shape index (κ1) is 14.2. The van der Waals surface area contributed by atoms with Crippen molar-refractivity contribution in [2.75, 3.05) is 0 Å². The minimum absolute atomic E-state index is 0.290. The van der Waals surface area contributed by atoms with Crippen molar-refractivity contribution in [3.05, 3.63) is 97.2 Å². The molecule has 0 aliphatic heterocycles. The van der Waals surface area contributed by atoms with Gasteiger partial charge in [-0.05, 0) is 0 Å². The maximum absolute atomic E-state index is 2.34. The SMILES string of the molecule is c1ccc(-c2c[n+](-c3ccccc3)c(-c3ccccc3)[se]2)cc1. The van der Waals surface area contributed by atoms with Gasteiger partial charge in [0, 0.05) is 0 Å². The second-order valence-electron chi connectivity index (χ2n) is 5.34. The van der Waals surface area contributed by atoms with Crippen LogP contribution in [-0.2, 0) is 0 Å². The average molecular weight is 361 g/mol. The number of nitrogens with zero attached hydrogens (tertiary/aromatic N) is 1. The zero-order chi connectivity index (χ0) is 15.5. The van der Waals surface area contributed by atoms with Gasteiger partial charge in [0.05, 0.1) is 0 Å². The Balaban J connectivity index is 1.91. The summed E-state index contributed by atoms with van der Waals surface area (Å²) in [6.07, 6.45) is 2.30. The van der Waals surface area contributed by atoms with Crippen molar-refractivity contribution in [1.29, 1.82) is 0 Å². The van der Waals surface area contributed by atoms with Crippen LogP contribution in [0.2, 0.25) is 0 Å². The van der Waals surface area contributed by atoms with Crippen LogP contribution in [0.15, 0.2) is 97.2 Å². The summed E-state index contributed by atoms with van der Waals surface area (Å²) in [6.45, 7) is 0. The molecule has 0 atom stereocenters. The summed E-state index contributed by atoms with van der Waals surface area (Å²) in [5.74, 6) is 0.